The van der Waals surface area contributed by atoms with Crippen molar-refractivity contribution in [3.8, 4) is 0 Å². The van der Waals surface area contributed by atoms with E-state index >= 15 is 0 Å². The van der Waals surface area contributed by atoms with Crippen molar-refractivity contribution in [1.29, 1.82) is 0 Å². The third kappa shape index (κ3) is 3.33. The van der Waals surface area contributed by atoms with Gasteiger partial charge in [0.2, 0.25) is 0 Å². The van der Waals surface area contributed by atoms with E-state index in [2.05, 4.69) is 6.92 Å². The molecule has 20 heavy (non-hydrogen) atoms. The molecule has 0 bridgehead atoms. The summed E-state index contributed by atoms with van der Waals surface area (Å²) >= 11 is 0. The third-order valence-corrected chi connectivity index (χ3v) is 5.11. The number of rotatable bonds is 4. The van der Waals surface area contributed by atoms with E-state index in [-0.39, 0.29) is 11.6 Å². The molecule has 2 aliphatic rings. The second-order valence-electron chi connectivity index (χ2n) is 6.35. The number of carboxylic acids is 1. The molecule has 2 aliphatic carbocycles. The molecule has 2 fully saturated rings. The number of aliphatic carboxylic acids is 1. The van der Waals surface area contributed by atoms with E-state index < -0.39 is 17.8 Å². The van der Waals surface area contributed by atoms with Crippen LogP contribution in [0.15, 0.2) is 0 Å². The first-order valence-corrected chi connectivity index (χ1v) is 8.04. The number of hydrogen-bond acceptors (Lipinski definition) is 3. The Morgan fingerprint density at radius 1 is 1.05 bits per heavy atom. The molecule has 114 valence electrons. The van der Waals surface area contributed by atoms with Crippen molar-refractivity contribution < 1.29 is 19.4 Å². The summed E-state index contributed by atoms with van der Waals surface area (Å²) in [5.74, 6) is -2.10. The zero-order valence-electron chi connectivity index (χ0n) is 12.4. The molecule has 0 spiro atoms. The molecule has 0 radical (unpaired) electrons. The molecule has 0 amide bonds. The number of carbonyl (C=O) groups is 2. The minimum atomic E-state index is -0.846. The smallest absolute Gasteiger partial charge is 0.310 e. The summed E-state index contributed by atoms with van der Waals surface area (Å²) in [5, 5.41) is 9.28. The molecule has 0 aromatic carbocycles. The standard InChI is InChI=1S/C16H26O4/c1-2-16(10-6-3-7-11-16)20-15(19)13-9-5-4-8-12(13)14(17)18/h12-13H,2-11H2,1H3,(H,17,18). The molecule has 0 saturated heterocycles. The summed E-state index contributed by atoms with van der Waals surface area (Å²) in [6.45, 7) is 2.06. The maximum absolute atomic E-state index is 12.5. The zero-order chi connectivity index (χ0) is 14.6. The van der Waals surface area contributed by atoms with Gasteiger partial charge in [-0.25, -0.2) is 0 Å². The van der Waals surface area contributed by atoms with Crippen LogP contribution in [0.25, 0.3) is 0 Å². The van der Waals surface area contributed by atoms with Gasteiger partial charge in [0.05, 0.1) is 11.8 Å². The molecule has 2 atom stereocenters. The lowest BCUT2D eigenvalue weighted by molar-refractivity contribution is -0.175. The van der Waals surface area contributed by atoms with Gasteiger partial charge in [0.15, 0.2) is 0 Å². The van der Waals surface area contributed by atoms with Gasteiger partial charge in [0, 0.05) is 0 Å². The summed E-state index contributed by atoms with van der Waals surface area (Å²) in [6, 6.07) is 0. The van der Waals surface area contributed by atoms with Crippen molar-refractivity contribution in [2.75, 3.05) is 0 Å². The Morgan fingerprint density at radius 3 is 2.20 bits per heavy atom. The number of carbonyl (C=O) groups excluding carboxylic acids is 1. The predicted molar refractivity (Wildman–Crippen MR) is 75.3 cm³/mol. The van der Waals surface area contributed by atoms with Crippen LogP contribution in [0, 0.1) is 11.8 Å². The second-order valence-corrected chi connectivity index (χ2v) is 6.35. The summed E-state index contributed by atoms with van der Waals surface area (Å²) in [7, 11) is 0. The molecule has 2 unspecified atom stereocenters. The van der Waals surface area contributed by atoms with Crippen molar-refractivity contribution in [2.45, 2.75) is 76.7 Å². The Labute approximate surface area is 120 Å². The quantitative estimate of drug-likeness (QED) is 0.801. The predicted octanol–water partition coefficient (Wildman–Crippen LogP) is 3.53. The lowest BCUT2D eigenvalue weighted by atomic mass is 9.78. The van der Waals surface area contributed by atoms with Crippen LogP contribution < -0.4 is 0 Å². The van der Waals surface area contributed by atoms with Crippen molar-refractivity contribution in [2.24, 2.45) is 11.8 Å². The van der Waals surface area contributed by atoms with Gasteiger partial charge < -0.3 is 9.84 Å². The van der Waals surface area contributed by atoms with Gasteiger partial charge in [-0.2, -0.15) is 0 Å². The highest BCUT2D eigenvalue weighted by Crippen LogP contribution is 2.38. The van der Waals surface area contributed by atoms with E-state index in [0.29, 0.717) is 12.8 Å². The van der Waals surface area contributed by atoms with Gasteiger partial charge in [-0.3, -0.25) is 9.59 Å². The number of hydrogen-bond donors (Lipinski definition) is 1. The van der Waals surface area contributed by atoms with Gasteiger partial charge in [-0.15, -0.1) is 0 Å². The van der Waals surface area contributed by atoms with Crippen molar-refractivity contribution >= 4 is 11.9 Å². The van der Waals surface area contributed by atoms with E-state index in [4.69, 9.17) is 4.74 Å². The average molecular weight is 282 g/mol. The zero-order valence-corrected chi connectivity index (χ0v) is 12.4. The third-order valence-electron chi connectivity index (χ3n) is 5.11. The monoisotopic (exact) mass is 282 g/mol. The fraction of sp³-hybridized carbons (Fsp3) is 0.875. The Bertz CT molecular complexity index is 357. The van der Waals surface area contributed by atoms with Gasteiger partial charge in [-0.05, 0) is 44.9 Å². The molecule has 4 heteroatoms. The van der Waals surface area contributed by atoms with Crippen LogP contribution in [0.4, 0.5) is 0 Å². The Balaban J connectivity index is 2.03. The molecule has 4 nitrogen and oxygen atoms in total. The molecular weight excluding hydrogens is 256 g/mol. The highest BCUT2D eigenvalue weighted by molar-refractivity contribution is 5.81. The van der Waals surface area contributed by atoms with Crippen molar-refractivity contribution in [1.82, 2.24) is 0 Å². The Morgan fingerprint density at radius 2 is 1.65 bits per heavy atom. The Hall–Kier alpha value is -1.06. The van der Waals surface area contributed by atoms with E-state index in [1.54, 1.807) is 0 Å². The van der Waals surface area contributed by atoms with Crippen LogP contribution >= 0.6 is 0 Å². The minimum Gasteiger partial charge on any atom is -0.481 e. The number of ether oxygens (including phenoxy) is 1. The first-order valence-electron chi connectivity index (χ1n) is 8.04. The fourth-order valence-electron chi connectivity index (χ4n) is 3.72. The topological polar surface area (TPSA) is 63.6 Å². The van der Waals surface area contributed by atoms with Gasteiger partial charge in [0.25, 0.3) is 0 Å². The van der Waals surface area contributed by atoms with Crippen LogP contribution in [0.3, 0.4) is 0 Å². The summed E-state index contributed by atoms with van der Waals surface area (Å²) in [5.41, 5.74) is -0.324. The van der Waals surface area contributed by atoms with Gasteiger partial charge in [0.1, 0.15) is 5.60 Å². The van der Waals surface area contributed by atoms with Crippen LogP contribution in [0.1, 0.15) is 71.1 Å². The lowest BCUT2D eigenvalue weighted by Crippen LogP contribution is -2.42. The van der Waals surface area contributed by atoms with Crippen LogP contribution in [-0.2, 0) is 14.3 Å². The molecular formula is C16H26O4. The highest BCUT2D eigenvalue weighted by Gasteiger charge is 2.41. The largest absolute Gasteiger partial charge is 0.481 e. The van der Waals surface area contributed by atoms with Crippen LogP contribution in [0.2, 0.25) is 0 Å². The van der Waals surface area contributed by atoms with Crippen molar-refractivity contribution in [3.05, 3.63) is 0 Å². The fourth-order valence-corrected chi connectivity index (χ4v) is 3.72. The van der Waals surface area contributed by atoms with Crippen LogP contribution in [0.5, 0.6) is 0 Å². The van der Waals surface area contributed by atoms with Crippen LogP contribution in [-0.4, -0.2) is 22.6 Å². The molecule has 0 aliphatic heterocycles. The molecule has 0 heterocycles. The maximum atomic E-state index is 12.5. The van der Waals surface area contributed by atoms with E-state index in [9.17, 15) is 14.7 Å². The first kappa shape index (κ1) is 15.3. The van der Waals surface area contributed by atoms with Gasteiger partial charge in [-0.1, -0.05) is 26.2 Å². The van der Waals surface area contributed by atoms with E-state index in [1.165, 1.54) is 6.42 Å². The summed E-state index contributed by atoms with van der Waals surface area (Å²) in [6.07, 6.45) is 9.22. The second kappa shape index (κ2) is 6.59. The summed E-state index contributed by atoms with van der Waals surface area (Å²) in [4.78, 5) is 23.8. The van der Waals surface area contributed by atoms with Crippen molar-refractivity contribution in [3.63, 3.8) is 0 Å². The Kier molecular flexibility index (Phi) is 5.06. The SMILES string of the molecule is CCC1(OC(=O)C2CCCCC2C(=O)O)CCCCC1. The average Bonchev–Trinajstić information content (AvgIpc) is 2.48. The van der Waals surface area contributed by atoms with E-state index in [0.717, 1.165) is 44.9 Å². The first-order chi connectivity index (χ1) is 9.58. The lowest BCUT2D eigenvalue weighted by Gasteiger charge is -2.38. The molecule has 0 aromatic rings. The summed E-state index contributed by atoms with van der Waals surface area (Å²) < 4.78 is 5.85. The molecule has 0 aromatic heterocycles. The highest BCUT2D eigenvalue weighted by atomic mass is 16.6. The van der Waals surface area contributed by atoms with E-state index in [1.807, 2.05) is 0 Å². The number of esters is 1. The minimum absolute atomic E-state index is 0.263. The normalized spacial score (nSPS) is 29.6. The molecule has 2 rings (SSSR count). The maximum Gasteiger partial charge on any atom is 0.310 e. The molecule has 1 N–H and O–H groups in total. The van der Waals surface area contributed by atoms with Gasteiger partial charge >= 0.3 is 11.9 Å². The molecule has 2 saturated carbocycles. The number of carboxylic acid groups (broad SMARTS) is 1.